The Kier molecular flexibility index (Phi) is 2.63. The van der Waals surface area contributed by atoms with E-state index in [1.165, 1.54) is 17.8 Å². The van der Waals surface area contributed by atoms with Gasteiger partial charge in [-0.15, -0.1) is 0 Å². The van der Waals surface area contributed by atoms with Crippen LogP contribution in [-0.4, -0.2) is 11.7 Å². The van der Waals surface area contributed by atoms with Crippen molar-refractivity contribution in [3.63, 3.8) is 0 Å². The van der Waals surface area contributed by atoms with Gasteiger partial charge >= 0.3 is 0 Å². The van der Waals surface area contributed by atoms with E-state index in [0.29, 0.717) is 11.8 Å². The number of hydrogen-bond acceptors (Lipinski definition) is 4. The van der Waals surface area contributed by atoms with Crippen molar-refractivity contribution in [2.24, 2.45) is 16.9 Å². The molecule has 0 spiro atoms. The number of carboxylic acid groups (broad SMARTS) is 1. The molecule has 2 atom stereocenters. The second kappa shape index (κ2) is 4.29. The molecule has 1 N–H and O–H groups in total. The Labute approximate surface area is 105 Å². The van der Waals surface area contributed by atoms with E-state index in [2.05, 4.69) is 22.7 Å². The van der Waals surface area contributed by atoms with Crippen LogP contribution in [0.2, 0.25) is 0 Å². The Bertz CT molecular complexity index is 531. The van der Waals surface area contributed by atoms with Crippen molar-refractivity contribution < 1.29 is 9.90 Å². The first-order chi connectivity index (χ1) is 8.74. The lowest BCUT2D eigenvalue weighted by atomic mass is 9.74. The Balaban J connectivity index is 1.63. The molecule has 1 saturated carbocycles. The third-order valence-corrected chi connectivity index (χ3v) is 3.61. The molecule has 2 aliphatic rings. The minimum Gasteiger partial charge on any atom is -0.545 e. The van der Waals surface area contributed by atoms with Gasteiger partial charge in [0.2, 0.25) is 0 Å². The molecule has 92 valence electrons. The Morgan fingerprint density at radius 2 is 2.11 bits per heavy atom. The average Bonchev–Trinajstić information content (AvgIpc) is 2.72. The van der Waals surface area contributed by atoms with Gasteiger partial charge < -0.3 is 9.90 Å². The van der Waals surface area contributed by atoms with E-state index in [9.17, 15) is 9.90 Å². The molecule has 0 saturated heterocycles. The number of allylic oxidation sites excluding steroid dienone is 2. The molecule has 2 aliphatic carbocycles. The van der Waals surface area contributed by atoms with Crippen molar-refractivity contribution in [3.05, 3.63) is 42.0 Å². The summed E-state index contributed by atoms with van der Waals surface area (Å²) < 4.78 is 0. The number of fused-ring (bicyclic) bond motifs is 1. The molecule has 0 heterocycles. The number of carbonyl (C=O) groups excluding carboxylic acids is 1. The van der Waals surface area contributed by atoms with Crippen LogP contribution in [0.5, 0.6) is 0 Å². The first-order valence-electron chi connectivity index (χ1n) is 6.04. The summed E-state index contributed by atoms with van der Waals surface area (Å²) in [5.74, 6) is 0.109. The van der Waals surface area contributed by atoms with E-state index in [-0.39, 0.29) is 5.56 Å². The van der Waals surface area contributed by atoms with E-state index < -0.39 is 5.97 Å². The van der Waals surface area contributed by atoms with Crippen LogP contribution in [0.3, 0.4) is 0 Å². The standard InChI is InChI=1S/C14H14N2O2/c17-14(18)9-4-6-11(7-5-9)15-16-13-8-10-2-1-3-12(10)13/h1-2,4-7,10,12,15H,3,8H2,(H,17,18)/p-1/b16-13-/t10-,12+/m0/s1. The van der Waals surface area contributed by atoms with Crippen LogP contribution in [0.25, 0.3) is 0 Å². The maximum absolute atomic E-state index is 10.6. The summed E-state index contributed by atoms with van der Waals surface area (Å²) in [5.41, 5.74) is 5.15. The highest BCUT2D eigenvalue weighted by atomic mass is 16.4. The summed E-state index contributed by atoms with van der Waals surface area (Å²) in [6.45, 7) is 0. The largest absolute Gasteiger partial charge is 0.545 e. The maximum atomic E-state index is 10.6. The molecule has 0 unspecified atom stereocenters. The Morgan fingerprint density at radius 3 is 2.78 bits per heavy atom. The van der Waals surface area contributed by atoms with Crippen LogP contribution in [0.1, 0.15) is 23.2 Å². The molecular formula is C14H13N2O2-. The van der Waals surface area contributed by atoms with Crippen molar-refractivity contribution in [1.29, 1.82) is 0 Å². The van der Waals surface area contributed by atoms with E-state index in [1.54, 1.807) is 12.1 Å². The zero-order valence-electron chi connectivity index (χ0n) is 9.80. The number of nitrogens with zero attached hydrogens (tertiary/aromatic N) is 1. The van der Waals surface area contributed by atoms with Crippen LogP contribution in [-0.2, 0) is 0 Å². The number of nitrogens with one attached hydrogen (secondary N) is 1. The highest BCUT2D eigenvalue weighted by Crippen LogP contribution is 2.40. The molecule has 4 heteroatoms. The second-order valence-corrected chi connectivity index (χ2v) is 4.72. The quantitative estimate of drug-likeness (QED) is 0.643. The fraction of sp³-hybridized carbons (Fsp3) is 0.286. The highest BCUT2D eigenvalue weighted by Gasteiger charge is 2.37. The van der Waals surface area contributed by atoms with Crippen molar-refractivity contribution in [3.8, 4) is 0 Å². The van der Waals surface area contributed by atoms with Crippen LogP contribution >= 0.6 is 0 Å². The van der Waals surface area contributed by atoms with Crippen molar-refractivity contribution in [2.75, 3.05) is 5.43 Å². The van der Waals surface area contributed by atoms with Gasteiger partial charge in [0.15, 0.2) is 0 Å². The van der Waals surface area contributed by atoms with Crippen molar-refractivity contribution in [2.45, 2.75) is 12.8 Å². The van der Waals surface area contributed by atoms with E-state index >= 15 is 0 Å². The zero-order valence-corrected chi connectivity index (χ0v) is 9.80. The minimum atomic E-state index is -1.16. The summed E-state index contributed by atoms with van der Waals surface area (Å²) in [7, 11) is 0. The smallest absolute Gasteiger partial charge is 0.0715 e. The fourth-order valence-electron chi connectivity index (χ4n) is 2.48. The van der Waals surface area contributed by atoms with Crippen molar-refractivity contribution >= 4 is 17.4 Å². The number of benzene rings is 1. The molecule has 4 nitrogen and oxygen atoms in total. The molecule has 0 amide bonds. The Hall–Kier alpha value is -2.10. The number of carbonyl (C=O) groups is 1. The monoisotopic (exact) mass is 241 g/mol. The normalized spacial score (nSPS) is 26.8. The molecule has 1 fully saturated rings. The molecule has 3 rings (SSSR count). The predicted molar refractivity (Wildman–Crippen MR) is 67.2 cm³/mol. The summed E-state index contributed by atoms with van der Waals surface area (Å²) in [6, 6.07) is 6.41. The third-order valence-electron chi connectivity index (χ3n) is 3.61. The summed E-state index contributed by atoms with van der Waals surface area (Å²) in [5, 5.41) is 15.0. The van der Waals surface area contributed by atoms with Gasteiger partial charge in [-0.3, -0.25) is 5.43 Å². The van der Waals surface area contributed by atoms with Crippen LogP contribution < -0.4 is 10.5 Å². The molecule has 0 bridgehead atoms. The molecular weight excluding hydrogens is 228 g/mol. The van der Waals surface area contributed by atoms with E-state index in [0.717, 1.165) is 18.5 Å². The number of rotatable bonds is 3. The van der Waals surface area contributed by atoms with E-state index in [4.69, 9.17) is 0 Å². The van der Waals surface area contributed by atoms with Gasteiger partial charge in [0.25, 0.3) is 0 Å². The molecule has 0 radical (unpaired) electrons. The lowest BCUT2D eigenvalue weighted by Crippen LogP contribution is -2.33. The van der Waals surface area contributed by atoms with Crippen LogP contribution in [0, 0.1) is 11.8 Å². The molecule has 1 aromatic carbocycles. The number of hydrazone groups is 1. The van der Waals surface area contributed by atoms with Gasteiger partial charge in [-0.05, 0) is 36.5 Å². The molecule has 1 aromatic rings. The average molecular weight is 241 g/mol. The first-order valence-corrected chi connectivity index (χ1v) is 6.04. The maximum Gasteiger partial charge on any atom is 0.0715 e. The van der Waals surface area contributed by atoms with Crippen LogP contribution in [0.15, 0.2) is 41.5 Å². The molecule has 18 heavy (non-hydrogen) atoms. The van der Waals surface area contributed by atoms with Gasteiger partial charge in [0.1, 0.15) is 0 Å². The topological polar surface area (TPSA) is 64.5 Å². The fourth-order valence-corrected chi connectivity index (χ4v) is 2.48. The predicted octanol–water partition coefficient (Wildman–Crippen LogP) is 1.41. The SMILES string of the molecule is O=C([O-])c1ccc(N/N=C2/C[C@@H]3C=CC[C@@H]23)cc1. The highest BCUT2D eigenvalue weighted by molar-refractivity contribution is 5.94. The number of carboxylic acids is 1. The summed E-state index contributed by atoms with van der Waals surface area (Å²) in [6.07, 6.45) is 6.60. The van der Waals surface area contributed by atoms with Gasteiger partial charge in [0, 0.05) is 11.6 Å². The number of aromatic carboxylic acids is 1. The van der Waals surface area contributed by atoms with Gasteiger partial charge in [-0.2, -0.15) is 5.10 Å². The van der Waals surface area contributed by atoms with Gasteiger partial charge in [-0.25, -0.2) is 0 Å². The number of hydrogen-bond donors (Lipinski definition) is 1. The summed E-state index contributed by atoms with van der Waals surface area (Å²) >= 11 is 0. The van der Waals surface area contributed by atoms with E-state index in [1.807, 2.05) is 0 Å². The van der Waals surface area contributed by atoms with Crippen molar-refractivity contribution in [1.82, 2.24) is 0 Å². The van der Waals surface area contributed by atoms with Gasteiger partial charge in [-0.1, -0.05) is 24.3 Å². The molecule has 0 aromatic heterocycles. The number of anilines is 1. The molecule has 0 aliphatic heterocycles. The lowest BCUT2D eigenvalue weighted by Gasteiger charge is -2.31. The summed E-state index contributed by atoms with van der Waals surface area (Å²) in [4.78, 5) is 10.6. The third kappa shape index (κ3) is 1.90. The Morgan fingerprint density at radius 1 is 1.33 bits per heavy atom. The first kappa shape index (κ1) is 11.0. The second-order valence-electron chi connectivity index (χ2n) is 4.72. The minimum absolute atomic E-state index is 0.178. The zero-order chi connectivity index (χ0) is 12.5. The van der Waals surface area contributed by atoms with Crippen LogP contribution in [0.4, 0.5) is 5.69 Å². The van der Waals surface area contributed by atoms with Gasteiger partial charge in [0.05, 0.1) is 11.7 Å². The lowest BCUT2D eigenvalue weighted by molar-refractivity contribution is -0.255.